The molecule has 1 spiro atoms. The van der Waals surface area contributed by atoms with E-state index in [4.69, 9.17) is 4.74 Å². The fourth-order valence-corrected chi connectivity index (χ4v) is 5.97. The van der Waals surface area contributed by atoms with Crippen molar-refractivity contribution >= 4 is 41.0 Å². The number of carbonyl (C=O) groups is 3. The number of ether oxygens (including phenoxy) is 1. The zero-order valence-corrected chi connectivity index (χ0v) is 17.6. The SMILES string of the molecule is COc1ccc(N2C(=O)NC(=O)[C@@]3(Cc4cccc(F)c4N4CCSC[C@@H]43)C2=O)cc1. The van der Waals surface area contributed by atoms with Crippen LogP contribution in [0.3, 0.4) is 0 Å². The van der Waals surface area contributed by atoms with Crippen molar-refractivity contribution in [1.29, 1.82) is 0 Å². The van der Waals surface area contributed by atoms with Crippen molar-refractivity contribution in [3.05, 3.63) is 53.8 Å². The van der Waals surface area contributed by atoms with Crippen molar-refractivity contribution < 1.29 is 23.5 Å². The number of carbonyl (C=O) groups excluding carboxylic acids is 3. The van der Waals surface area contributed by atoms with E-state index in [1.54, 1.807) is 48.2 Å². The molecule has 5 rings (SSSR count). The number of para-hydroxylation sites is 1. The van der Waals surface area contributed by atoms with Gasteiger partial charge in [-0.15, -0.1) is 0 Å². The minimum atomic E-state index is -1.53. The lowest BCUT2D eigenvalue weighted by molar-refractivity contribution is -0.144. The number of amides is 4. The number of imide groups is 2. The van der Waals surface area contributed by atoms with Crippen LogP contribution in [0.15, 0.2) is 42.5 Å². The first kappa shape index (κ1) is 19.9. The summed E-state index contributed by atoms with van der Waals surface area (Å²) in [5, 5.41) is 2.39. The predicted molar refractivity (Wildman–Crippen MR) is 115 cm³/mol. The Labute approximate surface area is 182 Å². The van der Waals surface area contributed by atoms with E-state index in [2.05, 4.69) is 5.32 Å². The van der Waals surface area contributed by atoms with Gasteiger partial charge in [0, 0.05) is 18.1 Å². The van der Waals surface area contributed by atoms with Crippen LogP contribution in [0.5, 0.6) is 5.75 Å². The molecule has 9 heteroatoms. The zero-order chi connectivity index (χ0) is 21.8. The number of barbiturate groups is 1. The first-order chi connectivity index (χ1) is 15.0. The van der Waals surface area contributed by atoms with E-state index >= 15 is 0 Å². The molecule has 1 N–H and O–H groups in total. The number of thioether (sulfide) groups is 1. The van der Waals surface area contributed by atoms with Gasteiger partial charge in [0.2, 0.25) is 5.91 Å². The summed E-state index contributed by atoms with van der Waals surface area (Å²) in [6.07, 6.45) is 0.0341. The fourth-order valence-electron chi connectivity index (χ4n) is 4.79. The number of anilines is 2. The monoisotopic (exact) mass is 441 g/mol. The van der Waals surface area contributed by atoms with Crippen LogP contribution in [-0.4, -0.2) is 49.0 Å². The summed E-state index contributed by atoms with van der Waals surface area (Å²) >= 11 is 1.62. The first-order valence-electron chi connectivity index (χ1n) is 9.93. The highest BCUT2D eigenvalue weighted by Crippen LogP contribution is 2.48. The molecule has 160 valence electrons. The Kier molecular flexibility index (Phi) is 4.65. The van der Waals surface area contributed by atoms with Crippen LogP contribution in [0.25, 0.3) is 0 Å². The molecule has 0 bridgehead atoms. The molecule has 3 aliphatic heterocycles. The predicted octanol–water partition coefficient (Wildman–Crippen LogP) is 2.58. The Morgan fingerprint density at radius 2 is 1.94 bits per heavy atom. The number of hydrogen-bond donors (Lipinski definition) is 1. The largest absolute Gasteiger partial charge is 0.497 e. The molecule has 4 amide bonds. The van der Waals surface area contributed by atoms with E-state index in [0.29, 0.717) is 35.0 Å². The average Bonchev–Trinajstić information content (AvgIpc) is 2.78. The molecule has 2 fully saturated rings. The molecule has 0 unspecified atom stereocenters. The summed E-state index contributed by atoms with van der Waals surface area (Å²) in [6, 6.07) is 9.87. The Balaban J connectivity index is 1.64. The molecule has 0 saturated carbocycles. The maximum Gasteiger partial charge on any atom is 0.335 e. The fraction of sp³-hybridized carbons (Fsp3) is 0.318. The summed E-state index contributed by atoms with van der Waals surface area (Å²) in [6.45, 7) is 0.516. The van der Waals surface area contributed by atoms with Gasteiger partial charge in [0.25, 0.3) is 5.91 Å². The highest BCUT2D eigenvalue weighted by atomic mass is 32.2. The number of nitrogens with zero attached hydrogens (tertiary/aromatic N) is 2. The minimum absolute atomic E-state index is 0.0341. The van der Waals surface area contributed by atoms with Gasteiger partial charge in [-0.1, -0.05) is 12.1 Å². The second-order valence-corrected chi connectivity index (χ2v) is 8.93. The van der Waals surface area contributed by atoms with Gasteiger partial charge in [-0.05, 0) is 42.3 Å². The maximum atomic E-state index is 14.8. The number of methoxy groups -OCH3 is 1. The highest BCUT2D eigenvalue weighted by molar-refractivity contribution is 7.99. The van der Waals surface area contributed by atoms with Gasteiger partial charge in [0.1, 0.15) is 11.6 Å². The van der Waals surface area contributed by atoms with Crippen LogP contribution in [0.4, 0.5) is 20.6 Å². The topological polar surface area (TPSA) is 79.0 Å². The molecular formula is C22H20FN3O4S. The lowest BCUT2D eigenvalue weighted by Gasteiger charge is -2.53. The summed E-state index contributed by atoms with van der Waals surface area (Å²) in [5.41, 5.74) is -0.139. The summed E-state index contributed by atoms with van der Waals surface area (Å²) in [5.74, 6) is 0.250. The lowest BCUT2D eigenvalue weighted by atomic mass is 9.68. The van der Waals surface area contributed by atoms with E-state index in [1.807, 2.05) is 4.90 Å². The van der Waals surface area contributed by atoms with Crippen LogP contribution in [0, 0.1) is 11.2 Å². The summed E-state index contributed by atoms with van der Waals surface area (Å²) in [4.78, 5) is 42.8. The quantitative estimate of drug-likeness (QED) is 0.722. The second kappa shape index (κ2) is 7.26. The Morgan fingerprint density at radius 3 is 2.68 bits per heavy atom. The molecule has 7 nitrogen and oxygen atoms in total. The molecule has 0 aromatic heterocycles. The number of rotatable bonds is 2. The normalized spacial score (nSPS) is 25.2. The van der Waals surface area contributed by atoms with E-state index in [9.17, 15) is 18.8 Å². The molecule has 2 saturated heterocycles. The van der Waals surface area contributed by atoms with Crippen molar-refractivity contribution in [2.24, 2.45) is 5.41 Å². The molecular weight excluding hydrogens is 421 g/mol. The van der Waals surface area contributed by atoms with Crippen molar-refractivity contribution in [1.82, 2.24) is 5.32 Å². The number of fused-ring (bicyclic) bond motifs is 4. The maximum absolute atomic E-state index is 14.8. The third-order valence-electron chi connectivity index (χ3n) is 6.27. The van der Waals surface area contributed by atoms with Gasteiger partial charge < -0.3 is 9.64 Å². The number of nitrogens with one attached hydrogen (secondary N) is 1. The van der Waals surface area contributed by atoms with Gasteiger partial charge >= 0.3 is 6.03 Å². The van der Waals surface area contributed by atoms with Crippen molar-refractivity contribution in [3.8, 4) is 5.75 Å². The molecule has 2 aromatic carbocycles. The molecule has 31 heavy (non-hydrogen) atoms. The average molecular weight is 441 g/mol. The standard InChI is InChI=1S/C22H20FN3O4S/c1-30-15-7-5-14(6-8-15)26-20(28)22(19(27)24-21(26)29)11-13-3-2-4-16(23)18(13)25-9-10-31-12-17(22)25/h2-8,17H,9-12H2,1H3,(H,24,27,29)/t17-,22+/m1/s1. The van der Waals surface area contributed by atoms with Crippen LogP contribution in [0.1, 0.15) is 5.56 Å². The van der Waals surface area contributed by atoms with E-state index in [-0.39, 0.29) is 12.2 Å². The number of halogens is 1. The van der Waals surface area contributed by atoms with Gasteiger partial charge in [0.15, 0.2) is 5.41 Å². The molecule has 0 aliphatic carbocycles. The van der Waals surface area contributed by atoms with Crippen LogP contribution >= 0.6 is 11.8 Å². The molecule has 2 atom stereocenters. The van der Waals surface area contributed by atoms with E-state index < -0.39 is 29.3 Å². The Bertz CT molecular complexity index is 1090. The molecule has 3 heterocycles. The van der Waals surface area contributed by atoms with Crippen molar-refractivity contribution in [2.45, 2.75) is 12.5 Å². The zero-order valence-electron chi connectivity index (χ0n) is 16.8. The lowest BCUT2D eigenvalue weighted by Crippen LogP contribution is -2.73. The van der Waals surface area contributed by atoms with Gasteiger partial charge in [-0.25, -0.2) is 14.1 Å². The smallest absolute Gasteiger partial charge is 0.335 e. The van der Waals surface area contributed by atoms with Crippen LogP contribution in [-0.2, 0) is 16.0 Å². The first-order valence-corrected chi connectivity index (χ1v) is 11.1. The van der Waals surface area contributed by atoms with Crippen molar-refractivity contribution in [2.75, 3.05) is 35.0 Å². The molecule has 0 radical (unpaired) electrons. The second-order valence-electron chi connectivity index (χ2n) is 7.78. The Morgan fingerprint density at radius 1 is 1.16 bits per heavy atom. The van der Waals surface area contributed by atoms with Crippen LogP contribution in [0.2, 0.25) is 0 Å². The third-order valence-corrected chi connectivity index (χ3v) is 7.29. The van der Waals surface area contributed by atoms with E-state index in [1.165, 1.54) is 13.2 Å². The van der Waals surface area contributed by atoms with Crippen molar-refractivity contribution in [3.63, 3.8) is 0 Å². The number of urea groups is 1. The Hall–Kier alpha value is -3.07. The summed E-state index contributed by atoms with van der Waals surface area (Å²) < 4.78 is 19.9. The summed E-state index contributed by atoms with van der Waals surface area (Å²) in [7, 11) is 1.52. The molecule has 2 aromatic rings. The van der Waals surface area contributed by atoms with Crippen LogP contribution < -0.4 is 19.9 Å². The number of benzene rings is 2. The third kappa shape index (κ3) is 2.83. The minimum Gasteiger partial charge on any atom is -0.497 e. The van der Waals surface area contributed by atoms with Gasteiger partial charge in [-0.2, -0.15) is 11.8 Å². The van der Waals surface area contributed by atoms with Gasteiger partial charge in [-0.3, -0.25) is 14.9 Å². The van der Waals surface area contributed by atoms with Gasteiger partial charge in [0.05, 0.1) is 24.5 Å². The van der Waals surface area contributed by atoms with E-state index in [0.717, 1.165) is 10.7 Å². The number of hydrogen-bond acceptors (Lipinski definition) is 6. The highest BCUT2D eigenvalue weighted by Gasteiger charge is 2.62. The molecule has 3 aliphatic rings.